The third-order valence-electron chi connectivity index (χ3n) is 2.42. The van der Waals surface area contributed by atoms with Crippen molar-refractivity contribution < 1.29 is 37.5 Å². The number of carbonyl (C=O) groups is 1. The molecule has 0 saturated carbocycles. The van der Waals surface area contributed by atoms with Gasteiger partial charge in [0.1, 0.15) is 0 Å². The Morgan fingerprint density at radius 2 is 1.76 bits per heavy atom. The van der Waals surface area contributed by atoms with Crippen molar-refractivity contribution in [1.29, 1.82) is 0 Å². The number of anilines is 1. The Morgan fingerprint density at radius 3 is 2.12 bits per heavy atom. The number of nitrogens with one attached hydrogen (secondary N) is 1. The van der Waals surface area contributed by atoms with Gasteiger partial charge in [0.25, 0.3) is 0 Å². The van der Waals surface area contributed by atoms with Crippen LogP contribution >= 0.6 is 0 Å². The molecule has 0 atom stereocenters. The Bertz CT molecular complexity index is 438. The summed E-state index contributed by atoms with van der Waals surface area (Å²) in [6.45, 7) is 14.5. The second-order valence-electron chi connectivity index (χ2n) is 4.21. The molecule has 0 saturated heterocycles. The third-order valence-corrected chi connectivity index (χ3v) is 2.42. The van der Waals surface area contributed by atoms with Gasteiger partial charge in [0.15, 0.2) is 5.69 Å². The van der Waals surface area contributed by atoms with Crippen LogP contribution < -0.4 is 5.32 Å². The number of nitrogens with zero attached hydrogens (tertiary/aromatic N) is 1. The van der Waals surface area contributed by atoms with E-state index < -0.39 is 0 Å². The standard InChI is InChI=1S/C13H16N2O.Y/c1-8(2)13(16)15-12-9(3)6-11(14-5)7-10(12)4;/h6-8H,1-4H3,(H,15,16);. The minimum absolute atomic E-state index is 0. The van der Waals surface area contributed by atoms with Crippen LogP contribution in [0, 0.1) is 26.3 Å². The molecule has 1 radical (unpaired) electrons. The van der Waals surface area contributed by atoms with Crippen molar-refractivity contribution in [1.82, 2.24) is 0 Å². The molecule has 4 heteroatoms. The third kappa shape index (κ3) is 4.22. The molecule has 0 spiro atoms. The zero-order valence-corrected chi connectivity index (χ0v) is 13.5. The number of carbonyl (C=O) groups excluding carboxylic acids is 1. The molecule has 0 aliphatic carbocycles. The van der Waals surface area contributed by atoms with Gasteiger partial charge in [0, 0.05) is 44.3 Å². The van der Waals surface area contributed by atoms with E-state index in [1.807, 2.05) is 27.7 Å². The summed E-state index contributed by atoms with van der Waals surface area (Å²) in [6, 6.07) is 3.58. The Labute approximate surface area is 128 Å². The average molecular weight is 305 g/mol. The molecule has 1 N–H and O–H groups in total. The van der Waals surface area contributed by atoms with Gasteiger partial charge in [0.05, 0.1) is 6.57 Å². The van der Waals surface area contributed by atoms with Crippen LogP contribution in [-0.2, 0) is 37.5 Å². The Balaban J connectivity index is 0.00000256. The summed E-state index contributed by atoms with van der Waals surface area (Å²) in [5.74, 6) is -0.0406. The van der Waals surface area contributed by atoms with Crippen LogP contribution in [0.4, 0.5) is 11.4 Å². The van der Waals surface area contributed by atoms with Gasteiger partial charge in [-0.3, -0.25) is 4.79 Å². The maximum atomic E-state index is 11.6. The van der Waals surface area contributed by atoms with Crippen LogP contribution in [0.15, 0.2) is 12.1 Å². The van der Waals surface area contributed by atoms with Crippen LogP contribution in [0.2, 0.25) is 0 Å². The second-order valence-corrected chi connectivity index (χ2v) is 4.21. The molecule has 1 aromatic rings. The minimum Gasteiger partial charge on any atom is -0.325 e. The fourth-order valence-corrected chi connectivity index (χ4v) is 1.47. The first-order chi connectivity index (χ1) is 7.45. The predicted molar refractivity (Wildman–Crippen MR) is 65.6 cm³/mol. The quantitative estimate of drug-likeness (QED) is 0.834. The van der Waals surface area contributed by atoms with E-state index in [0.717, 1.165) is 16.8 Å². The minimum atomic E-state index is -0.0423. The maximum absolute atomic E-state index is 11.6. The monoisotopic (exact) mass is 305 g/mol. The van der Waals surface area contributed by atoms with Crippen molar-refractivity contribution >= 4 is 17.3 Å². The molecule has 1 amide bonds. The molecule has 0 fully saturated rings. The summed E-state index contributed by atoms with van der Waals surface area (Å²) in [7, 11) is 0. The smallest absolute Gasteiger partial charge is 0.226 e. The Morgan fingerprint density at radius 1 is 1.29 bits per heavy atom. The van der Waals surface area contributed by atoms with Gasteiger partial charge in [-0.05, 0) is 25.0 Å². The molecule has 0 aromatic heterocycles. The summed E-state index contributed by atoms with van der Waals surface area (Å²) in [6.07, 6.45) is 0. The number of hydrogen-bond donors (Lipinski definition) is 1. The van der Waals surface area contributed by atoms with Crippen LogP contribution in [0.5, 0.6) is 0 Å². The topological polar surface area (TPSA) is 33.5 Å². The fraction of sp³-hybridized carbons (Fsp3) is 0.385. The molecule has 0 aliphatic rings. The van der Waals surface area contributed by atoms with E-state index in [1.54, 1.807) is 12.1 Å². The molecule has 0 bridgehead atoms. The van der Waals surface area contributed by atoms with Crippen LogP contribution in [0.25, 0.3) is 4.85 Å². The van der Waals surface area contributed by atoms with Gasteiger partial charge in [-0.1, -0.05) is 26.0 Å². The molecule has 1 aromatic carbocycles. The average Bonchev–Trinajstić information content (AvgIpc) is 2.22. The Kier molecular flexibility index (Phi) is 6.59. The summed E-state index contributed by atoms with van der Waals surface area (Å²) < 4.78 is 0. The molecule has 3 nitrogen and oxygen atoms in total. The zero-order valence-electron chi connectivity index (χ0n) is 10.7. The number of amides is 1. The van der Waals surface area contributed by atoms with Crippen molar-refractivity contribution in [2.24, 2.45) is 5.92 Å². The van der Waals surface area contributed by atoms with Gasteiger partial charge in [-0.2, -0.15) is 0 Å². The number of benzene rings is 1. The Hall–Kier alpha value is -0.716. The first-order valence-electron chi connectivity index (χ1n) is 5.25. The van der Waals surface area contributed by atoms with Crippen molar-refractivity contribution in [3.05, 3.63) is 34.7 Å². The first-order valence-corrected chi connectivity index (χ1v) is 5.25. The maximum Gasteiger partial charge on any atom is 0.226 e. The molecule has 0 heterocycles. The molecule has 0 unspecified atom stereocenters. The number of aryl methyl sites for hydroxylation is 2. The van der Waals surface area contributed by atoms with E-state index in [2.05, 4.69) is 10.2 Å². The molecule has 0 aliphatic heterocycles. The number of hydrogen-bond acceptors (Lipinski definition) is 1. The van der Waals surface area contributed by atoms with Crippen molar-refractivity contribution in [2.45, 2.75) is 27.7 Å². The van der Waals surface area contributed by atoms with Crippen molar-refractivity contribution in [3.63, 3.8) is 0 Å². The van der Waals surface area contributed by atoms with Crippen LogP contribution in [0.3, 0.4) is 0 Å². The zero-order chi connectivity index (χ0) is 12.3. The van der Waals surface area contributed by atoms with Gasteiger partial charge in [0.2, 0.25) is 5.91 Å². The van der Waals surface area contributed by atoms with Gasteiger partial charge < -0.3 is 5.32 Å². The van der Waals surface area contributed by atoms with E-state index in [9.17, 15) is 4.79 Å². The van der Waals surface area contributed by atoms with E-state index >= 15 is 0 Å². The van der Waals surface area contributed by atoms with E-state index in [0.29, 0.717) is 5.69 Å². The van der Waals surface area contributed by atoms with Crippen molar-refractivity contribution in [3.8, 4) is 0 Å². The van der Waals surface area contributed by atoms with Crippen LogP contribution in [0.1, 0.15) is 25.0 Å². The summed E-state index contributed by atoms with van der Waals surface area (Å²) >= 11 is 0. The van der Waals surface area contributed by atoms with E-state index in [1.165, 1.54) is 0 Å². The van der Waals surface area contributed by atoms with Crippen molar-refractivity contribution in [2.75, 3.05) is 5.32 Å². The summed E-state index contributed by atoms with van der Waals surface area (Å²) in [5.41, 5.74) is 3.30. The van der Waals surface area contributed by atoms with E-state index in [-0.39, 0.29) is 44.5 Å². The summed E-state index contributed by atoms with van der Waals surface area (Å²) in [5, 5.41) is 2.89. The van der Waals surface area contributed by atoms with Gasteiger partial charge in [-0.15, -0.1) is 0 Å². The molecule has 17 heavy (non-hydrogen) atoms. The van der Waals surface area contributed by atoms with Gasteiger partial charge in [-0.25, -0.2) is 4.85 Å². The number of rotatable bonds is 2. The molecular weight excluding hydrogens is 289 g/mol. The van der Waals surface area contributed by atoms with Gasteiger partial charge >= 0.3 is 0 Å². The molecule has 1 rings (SSSR count). The van der Waals surface area contributed by atoms with Crippen LogP contribution in [-0.4, -0.2) is 5.91 Å². The van der Waals surface area contributed by atoms with E-state index in [4.69, 9.17) is 6.57 Å². The predicted octanol–water partition coefficient (Wildman–Crippen LogP) is 3.45. The largest absolute Gasteiger partial charge is 0.325 e. The summed E-state index contributed by atoms with van der Waals surface area (Å²) in [4.78, 5) is 15.0. The molecular formula is C13H16N2OY. The SMILES string of the molecule is [C-]#[N+]c1cc(C)c(NC(=O)C(C)C)c(C)c1.[Y]. The first kappa shape index (κ1) is 16.3. The normalized spacial score (nSPS) is 9.41. The second kappa shape index (κ2) is 6.88. The fourth-order valence-electron chi connectivity index (χ4n) is 1.47. The molecule has 87 valence electrons.